The number of hydrogen-bond donors (Lipinski definition) is 1. The van der Waals surface area contributed by atoms with E-state index in [0.29, 0.717) is 29.4 Å². The van der Waals surface area contributed by atoms with Crippen molar-refractivity contribution in [2.45, 2.75) is 45.8 Å². The zero-order valence-electron chi connectivity index (χ0n) is 20.3. The summed E-state index contributed by atoms with van der Waals surface area (Å²) < 4.78 is 6.04. The number of amides is 2. The molecule has 1 heterocycles. The van der Waals surface area contributed by atoms with Gasteiger partial charge < -0.3 is 15.0 Å². The normalized spacial score (nSPS) is 15.9. The predicted molar refractivity (Wildman–Crippen MR) is 140 cm³/mol. The molecule has 2 amide bonds. The second kappa shape index (κ2) is 11.0. The highest BCUT2D eigenvalue weighted by molar-refractivity contribution is 6.30. The van der Waals surface area contributed by atoms with Crippen LogP contribution in [0.15, 0.2) is 72.8 Å². The van der Waals surface area contributed by atoms with Crippen molar-refractivity contribution in [3.05, 3.63) is 94.5 Å². The summed E-state index contributed by atoms with van der Waals surface area (Å²) in [4.78, 5) is 27.9. The maximum absolute atomic E-state index is 13.2. The molecule has 0 fully saturated rings. The van der Waals surface area contributed by atoms with Crippen molar-refractivity contribution in [1.82, 2.24) is 4.90 Å². The van der Waals surface area contributed by atoms with Gasteiger partial charge in [-0.25, -0.2) is 0 Å². The van der Waals surface area contributed by atoms with Gasteiger partial charge in [-0.15, -0.1) is 0 Å². The van der Waals surface area contributed by atoms with Crippen LogP contribution < -0.4 is 10.1 Å². The Hall–Kier alpha value is -3.31. The third-order valence-corrected chi connectivity index (χ3v) is 6.37. The number of benzene rings is 3. The Morgan fingerprint density at radius 2 is 1.80 bits per heavy atom. The van der Waals surface area contributed by atoms with Crippen LogP contribution in [0.5, 0.6) is 5.75 Å². The smallest absolute Gasteiger partial charge is 0.265 e. The van der Waals surface area contributed by atoms with Gasteiger partial charge in [0.15, 0.2) is 6.10 Å². The summed E-state index contributed by atoms with van der Waals surface area (Å²) >= 11 is 6.02. The Balaban J connectivity index is 1.59. The Labute approximate surface area is 212 Å². The molecule has 4 rings (SSSR count). The summed E-state index contributed by atoms with van der Waals surface area (Å²) in [6.45, 7) is 6.52. The average Bonchev–Trinajstić information content (AvgIpc) is 2.83. The molecule has 0 aromatic heterocycles. The Morgan fingerprint density at radius 1 is 1.03 bits per heavy atom. The van der Waals surface area contributed by atoms with Gasteiger partial charge in [0.2, 0.25) is 5.91 Å². The molecule has 2 atom stereocenters. The van der Waals surface area contributed by atoms with Gasteiger partial charge in [0.25, 0.3) is 5.91 Å². The molecule has 35 heavy (non-hydrogen) atoms. The van der Waals surface area contributed by atoms with E-state index in [1.165, 1.54) is 5.56 Å². The third kappa shape index (κ3) is 6.04. The molecule has 3 aromatic rings. The fourth-order valence-corrected chi connectivity index (χ4v) is 4.65. The molecule has 2 unspecified atom stereocenters. The summed E-state index contributed by atoms with van der Waals surface area (Å²) in [5.74, 6) is 0.767. The zero-order valence-corrected chi connectivity index (χ0v) is 21.1. The fraction of sp³-hybridized carbons (Fsp3) is 0.310. The van der Waals surface area contributed by atoms with Crippen molar-refractivity contribution in [2.24, 2.45) is 5.92 Å². The molecule has 3 aromatic carbocycles. The largest absolute Gasteiger partial charge is 0.481 e. The van der Waals surface area contributed by atoms with E-state index in [9.17, 15) is 9.59 Å². The number of hydrogen-bond acceptors (Lipinski definition) is 3. The summed E-state index contributed by atoms with van der Waals surface area (Å²) in [5.41, 5.74) is 3.91. The minimum Gasteiger partial charge on any atom is -0.481 e. The molecule has 1 aliphatic rings. The van der Waals surface area contributed by atoms with E-state index in [4.69, 9.17) is 16.3 Å². The van der Waals surface area contributed by atoms with Gasteiger partial charge in [0.05, 0.1) is 6.04 Å². The van der Waals surface area contributed by atoms with Crippen molar-refractivity contribution in [3.8, 4) is 5.75 Å². The first kappa shape index (κ1) is 24.8. The molecular weight excluding hydrogens is 460 g/mol. The molecule has 0 spiro atoms. The lowest BCUT2D eigenvalue weighted by Gasteiger charge is -2.38. The van der Waals surface area contributed by atoms with E-state index >= 15 is 0 Å². The topological polar surface area (TPSA) is 58.6 Å². The molecule has 5 nitrogen and oxygen atoms in total. The molecule has 1 N–H and O–H groups in total. The molecular formula is C29H31ClN2O3. The van der Waals surface area contributed by atoms with E-state index in [1.807, 2.05) is 41.3 Å². The first-order valence-corrected chi connectivity index (χ1v) is 12.4. The van der Waals surface area contributed by atoms with Crippen LogP contribution in [0.25, 0.3) is 0 Å². The Bertz CT molecular complexity index is 1200. The molecule has 0 saturated carbocycles. The number of anilines is 1. The minimum absolute atomic E-state index is 0.153. The highest BCUT2D eigenvalue weighted by Crippen LogP contribution is 2.38. The number of carbonyl (C=O) groups excluding carboxylic acids is 2. The van der Waals surface area contributed by atoms with Gasteiger partial charge in [-0.05, 0) is 66.3 Å². The maximum Gasteiger partial charge on any atom is 0.265 e. The van der Waals surface area contributed by atoms with Gasteiger partial charge in [0.1, 0.15) is 5.75 Å². The number of carbonyl (C=O) groups is 2. The molecule has 0 aliphatic carbocycles. The number of ether oxygens (including phenoxy) is 1. The number of nitrogens with one attached hydrogen (secondary N) is 1. The van der Waals surface area contributed by atoms with Crippen molar-refractivity contribution in [2.75, 3.05) is 11.9 Å². The molecule has 0 bridgehead atoms. The van der Waals surface area contributed by atoms with Gasteiger partial charge in [-0.2, -0.15) is 0 Å². The van der Waals surface area contributed by atoms with Crippen LogP contribution in [0.3, 0.4) is 0 Å². The summed E-state index contributed by atoms with van der Waals surface area (Å²) in [6, 6.07) is 22.8. The second-order valence-corrected chi connectivity index (χ2v) is 9.81. The standard InChI is InChI=1S/C29H31ClN2O3/c1-19(2)16-27(33)32-15-14-21-12-13-25(18-26(21)28(32)22-8-5-4-6-9-22)35-20(3)29(34)31-24-11-7-10-23(30)17-24/h4-13,17-20,28H,14-16H2,1-3H3,(H,31,34). The fourth-order valence-electron chi connectivity index (χ4n) is 4.46. The first-order valence-electron chi connectivity index (χ1n) is 12.0. The Morgan fingerprint density at radius 3 is 2.51 bits per heavy atom. The monoisotopic (exact) mass is 490 g/mol. The van der Waals surface area contributed by atoms with Crippen molar-refractivity contribution >= 4 is 29.1 Å². The van der Waals surface area contributed by atoms with E-state index in [0.717, 1.165) is 17.5 Å². The molecule has 0 saturated heterocycles. The summed E-state index contributed by atoms with van der Waals surface area (Å²) in [5, 5.41) is 3.39. The minimum atomic E-state index is -0.718. The van der Waals surface area contributed by atoms with E-state index in [1.54, 1.807) is 31.2 Å². The second-order valence-electron chi connectivity index (χ2n) is 9.37. The molecule has 6 heteroatoms. The summed E-state index contributed by atoms with van der Waals surface area (Å²) in [6.07, 6.45) is 0.577. The van der Waals surface area contributed by atoms with Crippen molar-refractivity contribution < 1.29 is 14.3 Å². The van der Waals surface area contributed by atoms with Crippen LogP contribution in [0.2, 0.25) is 5.02 Å². The quantitative estimate of drug-likeness (QED) is 0.425. The highest BCUT2D eigenvalue weighted by atomic mass is 35.5. The van der Waals surface area contributed by atoms with Gasteiger partial charge in [-0.3, -0.25) is 9.59 Å². The predicted octanol–water partition coefficient (Wildman–Crippen LogP) is 6.27. The van der Waals surface area contributed by atoms with Crippen LogP contribution in [0.4, 0.5) is 5.69 Å². The van der Waals surface area contributed by atoms with Crippen LogP contribution in [0, 0.1) is 5.92 Å². The van der Waals surface area contributed by atoms with Crippen LogP contribution in [-0.2, 0) is 16.0 Å². The van der Waals surface area contributed by atoms with Crippen LogP contribution in [-0.4, -0.2) is 29.4 Å². The SMILES string of the molecule is CC(C)CC(=O)N1CCc2ccc(OC(C)C(=O)Nc3cccc(Cl)c3)cc2C1c1ccccc1. The van der Waals surface area contributed by atoms with E-state index in [-0.39, 0.29) is 23.8 Å². The van der Waals surface area contributed by atoms with Crippen LogP contribution in [0.1, 0.15) is 49.9 Å². The number of halogens is 1. The van der Waals surface area contributed by atoms with Gasteiger partial charge >= 0.3 is 0 Å². The zero-order chi connectivity index (χ0) is 24.9. The van der Waals surface area contributed by atoms with Crippen molar-refractivity contribution in [3.63, 3.8) is 0 Å². The summed E-state index contributed by atoms with van der Waals surface area (Å²) in [7, 11) is 0. The number of nitrogens with zero attached hydrogens (tertiary/aromatic N) is 1. The average molecular weight is 491 g/mol. The number of fused-ring (bicyclic) bond motifs is 1. The lowest BCUT2D eigenvalue weighted by atomic mass is 9.87. The maximum atomic E-state index is 13.2. The van der Waals surface area contributed by atoms with Crippen LogP contribution >= 0.6 is 11.6 Å². The molecule has 0 radical (unpaired) electrons. The Kier molecular flexibility index (Phi) is 7.76. The molecule has 182 valence electrons. The van der Waals surface area contributed by atoms with Crippen molar-refractivity contribution in [1.29, 1.82) is 0 Å². The lowest BCUT2D eigenvalue weighted by molar-refractivity contribution is -0.134. The lowest BCUT2D eigenvalue weighted by Crippen LogP contribution is -2.41. The molecule has 1 aliphatic heterocycles. The first-order chi connectivity index (χ1) is 16.8. The number of rotatable bonds is 7. The van der Waals surface area contributed by atoms with E-state index in [2.05, 4.69) is 31.3 Å². The van der Waals surface area contributed by atoms with Gasteiger partial charge in [-0.1, -0.05) is 67.9 Å². The third-order valence-electron chi connectivity index (χ3n) is 6.14. The highest BCUT2D eigenvalue weighted by Gasteiger charge is 2.32. The van der Waals surface area contributed by atoms with Gasteiger partial charge in [0, 0.05) is 23.7 Å². The van der Waals surface area contributed by atoms with E-state index < -0.39 is 6.10 Å².